The van der Waals surface area contributed by atoms with Crippen LogP contribution in [0.25, 0.3) is 11.0 Å². The average molecular weight is 538 g/mol. The van der Waals surface area contributed by atoms with Crippen molar-refractivity contribution in [1.29, 1.82) is 0 Å². The topological polar surface area (TPSA) is 96.2 Å². The van der Waals surface area contributed by atoms with Gasteiger partial charge < -0.3 is 15.1 Å². The Labute approximate surface area is 230 Å². The lowest BCUT2D eigenvalue weighted by molar-refractivity contribution is -0.140. The second-order valence-corrected chi connectivity index (χ2v) is 9.50. The molecule has 2 aromatic heterocycles. The van der Waals surface area contributed by atoms with Crippen LogP contribution in [-0.4, -0.2) is 50.8 Å². The van der Waals surface area contributed by atoms with E-state index in [1.54, 1.807) is 30.6 Å². The van der Waals surface area contributed by atoms with Crippen LogP contribution in [0.2, 0.25) is 0 Å². The summed E-state index contributed by atoms with van der Waals surface area (Å²) in [5, 5.41) is 11.2. The smallest absolute Gasteiger partial charge is 0.251 e. The Bertz CT molecular complexity index is 1600. The van der Waals surface area contributed by atoms with Crippen LogP contribution in [0.15, 0.2) is 97.3 Å². The Morgan fingerprint density at radius 1 is 0.950 bits per heavy atom. The fourth-order valence-electron chi connectivity index (χ4n) is 4.44. The number of rotatable bonds is 9. The molecule has 2 heterocycles. The number of carbonyl (C=O) groups is 2. The molecular formula is C30H28FN7O2. The quantitative estimate of drug-likeness (QED) is 0.299. The largest absolute Gasteiger partial charge is 0.378 e. The van der Waals surface area contributed by atoms with E-state index in [-0.39, 0.29) is 19.0 Å². The third-order valence-corrected chi connectivity index (χ3v) is 6.50. The standard InChI is InChI=1S/C30H28FN7O2/c1-36(2)25-15-13-24(14-16-25)33-30(40)29(22-9-11-23(31)12-10-22)37(19-21-6-5-17-32-18-21)28(39)20-38-27-8-4-3-7-26(27)34-35-38/h3-18,29H,19-20H2,1-2H3,(H,33,40)/t29-/m0/s1. The Morgan fingerprint density at radius 3 is 2.40 bits per heavy atom. The number of carbonyl (C=O) groups excluding carboxylic acids is 2. The SMILES string of the molecule is CN(C)c1ccc(NC(=O)[C@H](c2ccc(F)cc2)N(Cc2cccnc2)C(=O)Cn2nnc3ccccc32)cc1. The zero-order valence-electron chi connectivity index (χ0n) is 22.1. The van der Waals surface area contributed by atoms with Gasteiger partial charge in [-0.2, -0.15) is 0 Å². The Balaban J connectivity index is 1.52. The van der Waals surface area contributed by atoms with Crippen LogP contribution in [0.3, 0.4) is 0 Å². The lowest BCUT2D eigenvalue weighted by atomic mass is 10.0. The summed E-state index contributed by atoms with van der Waals surface area (Å²) in [6.45, 7) is -0.0579. The van der Waals surface area contributed by atoms with Crippen LogP contribution < -0.4 is 10.2 Å². The predicted molar refractivity (Wildman–Crippen MR) is 151 cm³/mol. The monoisotopic (exact) mass is 537 g/mol. The molecular weight excluding hydrogens is 509 g/mol. The summed E-state index contributed by atoms with van der Waals surface area (Å²) in [6.07, 6.45) is 3.28. The molecule has 0 aliphatic heterocycles. The molecule has 9 nitrogen and oxygen atoms in total. The fraction of sp³-hybridized carbons (Fsp3) is 0.167. The third kappa shape index (κ3) is 5.96. The lowest BCUT2D eigenvalue weighted by Gasteiger charge is -2.31. The van der Waals surface area contributed by atoms with Gasteiger partial charge in [0.05, 0.1) is 5.52 Å². The van der Waals surface area contributed by atoms with Crippen molar-refractivity contribution in [2.45, 2.75) is 19.1 Å². The van der Waals surface area contributed by atoms with Crippen LogP contribution in [0, 0.1) is 5.82 Å². The normalized spacial score (nSPS) is 11.7. The second-order valence-electron chi connectivity index (χ2n) is 9.50. The maximum absolute atomic E-state index is 14.0. The van der Waals surface area contributed by atoms with Crippen molar-refractivity contribution in [3.05, 3.63) is 114 Å². The van der Waals surface area contributed by atoms with Crippen molar-refractivity contribution >= 4 is 34.2 Å². The number of hydrogen-bond acceptors (Lipinski definition) is 6. The molecule has 0 radical (unpaired) electrons. The fourth-order valence-corrected chi connectivity index (χ4v) is 4.44. The van der Waals surface area contributed by atoms with Crippen molar-refractivity contribution in [1.82, 2.24) is 24.9 Å². The maximum Gasteiger partial charge on any atom is 0.251 e. The van der Waals surface area contributed by atoms with E-state index in [9.17, 15) is 14.0 Å². The number of amides is 2. The number of pyridine rings is 1. The van der Waals surface area contributed by atoms with Crippen LogP contribution in [0.1, 0.15) is 17.2 Å². The van der Waals surface area contributed by atoms with Crippen molar-refractivity contribution in [3.8, 4) is 0 Å². The zero-order valence-corrected chi connectivity index (χ0v) is 22.1. The van der Waals surface area contributed by atoms with Crippen molar-refractivity contribution in [2.24, 2.45) is 0 Å². The minimum Gasteiger partial charge on any atom is -0.378 e. The highest BCUT2D eigenvalue weighted by Gasteiger charge is 2.32. The summed E-state index contributed by atoms with van der Waals surface area (Å²) in [5.74, 6) is -1.25. The molecule has 2 amide bonds. The number of halogens is 1. The Morgan fingerprint density at radius 2 is 1.70 bits per heavy atom. The summed E-state index contributed by atoms with van der Waals surface area (Å²) in [6, 6.07) is 22.8. The minimum absolute atomic E-state index is 0.0916. The van der Waals surface area contributed by atoms with E-state index < -0.39 is 17.8 Å². The molecule has 5 rings (SSSR count). The van der Waals surface area contributed by atoms with Crippen LogP contribution in [0.5, 0.6) is 0 Å². The number of anilines is 2. The van der Waals surface area contributed by atoms with Gasteiger partial charge >= 0.3 is 0 Å². The first-order chi connectivity index (χ1) is 19.4. The first-order valence-corrected chi connectivity index (χ1v) is 12.7. The Hall–Kier alpha value is -5.12. The van der Waals surface area contributed by atoms with Crippen molar-refractivity contribution in [2.75, 3.05) is 24.3 Å². The number of nitrogens with one attached hydrogen (secondary N) is 1. The predicted octanol–water partition coefficient (Wildman–Crippen LogP) is 4.44. The van der Waals surface area contributed by atoms with Gasteiger partial charge in [0.25, 0.3) is 5.91 Å². The van der Waals surface area contributed by atoms with E-state index in [1.807, 2.05) is 61.5 Å². The molecule has 1 N–H and O–H groups in total. The first kappa shape index (κ1) is 26.5. The molecule has 0 saturated heterocycles. The van der Waals surface area contributed by atoms with Gasteiger partial charge in [-0.15, -0.1) is 5.10 Å². The number of fused-ring (bicyclic) bond motifs is 1. The maximum atomic E-state index is 14.0. The lowest BCUT2D eigenvalue weighted by Crippen LogP contribution is -2.42. The molecule has 0 unspecified atom stereocenters. The van der Waals surface area contributed by atoms with Gasteiger partial charge in [-0.25, -0.2) is 9.07 Å². The molecule has 0 fully saturated rings. The highest BCUT2D eigenvalue weighted by atomic mass is 19.1. The average Bonchev–Trinajstić information content (AvgIpc) is 3.37. The number of benzene rings is 3. The number of hydrogen-bond donors (Lipinski definition) is 1. The van der Waals surface area contributed by atoms with Crippen LogP contribution in [-0.2, 0) is 22.7 Å². The second kappa shape index (κ2) is 11.7. The van der Waals surface area contributed by atoms with Crippen LogP contribution >= 0.6 is 0 Å². The molecule has 0 aliphatic carbocycles. The van der Waals surface area contributed by atoms with E-state index in [4.69, 9.17) is 0 Å². The van der Waals surface area contributed by atoms with Gasteiger partial charge in [0.1, 0.15) is 23.9 Å². The van der Waals surface area contributed by atoms with Crippen LogP contribution in [0.4, 0.5) is 15.8 Å². The van der Waals surface area contributed by atoms with Gasteiger partial charge in [0.15, 0.2) is 0 Å². The van der Waals surface area contributed by atoms with E-state index >= 15 is 0 Å². The molecule has 0 aliphatic rings. The zero-order chi connectivity index (χ0) is 28.1. The van der Waals surface area contributed by atoms with Gasteiger partial charge in [-0.05, 0) is 65.7 Å². The summed E-state index contributed by atoms with van der Waals surface area (Å²) < 4.78 is 15.4. The van der Waals surface area contributed by atoms with E-state index in [0.717, 1.165) is 11.3 Å². The molecule has 0 saturated carbocycles. The molecule has 3 aromatic carbocycles. The molecule has 10 heteroatoms. The molecule has 0 spiro atoms. The molecule has 40 heavy (non-hydrogen) atoms. The highest BCUT2D eigenvalue weighted by molar-refractivity contribution is 5.98. The third-order valence-electron chi connectivity index (χ3n) is 6.50. The first-order valence-electron chi connectivity index (χ1n) is 12.7. The number of para-hydroxylation sites is 1. The van der Waals surface area contributed by atoms with E-state index in [2.05, 4.69) is 20.6 Å². The minimum atomic E-state index is -1.07. The molecule has 1 atom stereocenters. The highest BCUT2D eigenvalue weighted by Crippen LogP contribution is 2.27. The van der Waals surface area contributed by atoms with Crippen molar-refractivity contribution < 1.29 is 14.0 Å². The summed E-state index contributed by atoms with van der Waals surface area (Å²) in [4.78, 5) is 35.5. The molecule has 5 aromatic rings. The van der Waals surface area contributed by atoms with Gasteiger partial charge in [0, 0.05) is 44.4 Å². The van der Waals surface area contributed by atoms with Gasteiger partial charge in [0.2, 0.25) is 5.91 Å². The van der Waals surface area contributed by atoms with Gasteiger partial charge in [-0.3, -0.25) is 14.6 Å². The number of nitrogens with zero attached hydrogens (tertiary/aromatic N) is 6. The molecule has 0 bridgehead atoms. The number of aromatic nitrogens is 4. The summed E-state index contributed by atoms with van der Waals surface area (Å²) in [5.41, 5.74) is 4.09. The van der Waals surface area contributed by atoms with E-state index in [0.29, 0.717) is 22.3 Å². The Kier molecular flexibility index (Phi) is 7.77. The summed E-state index contributed by atoms with van der Waals surface area (Å²) >= 11 is 0. The van der Waals surface area contributed by atoms with E-state index in [1.165, 1.54) is 33.8 Å². The summed E-state index contributed by atoms with van der Waals surface area (Å²) in [7, 11) is 3.86. The molecule has 202 valence electrons. The van der Waals surface area contributed by atoms with Gasteiger partial charge in [-0.1, -0.05) is 35.5 Å². The van der Waals surface area contributed by atoms with Crippen molar-refractivity contribution in [3.63, 3.8) is 0 Å².